The number of aromatic nitrogens is 2. The molecule has 0 radical (unpaired) electrons. The molecule has 0 atom stereocenters. The van der Waals surface area contributed by atoms with Gasteiger partial charge in [-0.1, -0.05) is 41.4 Å². The molecule has 0 saturated heterocycles. The minimum Gasteiger partial charge on any atom is -0.465 e. The number of methoxy groups -OCH3 is 1. The summed E-state index contributed by atoms with van der Waals surface area (Å²) >= 11 is 12.2. The average molecular weight is 399 g/mol. The van der Waals surface area contributed by atoms with E-state index in [4.69, 9.17) is 27.9 Å². The zero-order valence-corrected chi connectivity index (χ0v) is 15.6. The number of hydrogen-bond acceptors (Lipinski definition) is 4. The molecule has 2 aromatic carbocycles. The van der Waals surface area contributed by atoms with Crippen molar-refractivity contribution in [2.24, 2.45) is 0 Å². The molecular weight excluding hydrogens is 387 g/mol. The third-order valence-corrected chi connectivity index (χ3v) is 4.77. The second-order valence-corrected chi connectivity index (χ2v) is 6.79. The lowest BCUT2D eigenvalue weighted by Gasteiger charge is -2.12. The van der Waals surface area contributed by atoms with Crippen molar-refractivity contribution >= 4 is 45.5 Å². The van der Waals surface area contributed by atoms with Gasteiger partial charge in [0.05, 0.1) is 24.4 Å². The summed E-state index contributed by atoms with van der Waals surface area (Å²) in [5.74, 6) is -0.579. The molecule has 0 saturated carbocycles. The zero-order chi connectivity index (χ0) is 19.1. The van der Waals surface area contributed by atoms with Crippen LogP contribution in [-0.4, -0.2) is 22.7 Å². The predicted molar refractivity (Wildman–Crippen MR) is 106 cm³/mol. The number of halogens is 2. The standard InChI is InChI=1S/C20H12Cl2N2O3/c1-27-20(26)17-9-16(11-3-2-4-13(21)7-11)19(25)24-18(17)15-8-14(22)6-5-12(15)10-23-24/h2-10H,1H3. The molecule has 0 aliphatic rings. The smallest absolute Gasteiger partial charge is 0.340 e. The van der Waals surface area contributed by atoms with Crippen LogP contribution in [0.1, 0.15) is 10.4 Å². The van der Waals surface area contributed by atoms with Gasteiger partial charge in [-0.25, -0.2) is 4.79 Å². The van der Waals surface area contributed by atoms with Crippen molar-refractivity contribution in [3.8, 4) is 11.1 Å². The van der Waals surface area contributed by atoms with E-state index >= 15 is 0 Å². The van der Waals surface area contributed by atoms with Crippen LogP contribution >= 0.6 is 23.2 Å². The number of nitrogens with zero attached hydrogens (tertiary/aromatic N) is 2. The highest BCUT2D eigenvalue weighted by molar-refractivity contribution is 6.31. The van der Waals surface area contributed by atoms with Gasteiger partial charge in [0.15, 0.2) is 0 Å². The van der Waals surface area contributed by atoms with Crippen molar-refractivity contribution in [3.63, 3.8) is 0 Å². The van der Waals surface area contributed by atoms with Crippen molar-refractivity contribution < 1.29 is 9.53 Å². The maximum atomic E-state index is 13.1. The first-order valence-electron chi connectivity index (χ1n) is 7.98. The van der Waals surface area contributed by atoms with Crippen LogP contribution in [0.4, 0.5) is 0 Å². The Morgan fingerprint density at radius 3 is 2.59 bits per heavy atom. The normalized spacial score (nSPS) is 11.1. The van der Waals surface area contributed by atoms with Crippen LogP contribution < -0.4 is 5.56 Å². The summed E-state index contributed by atoms with van der Waals surface area (Å²) in [7, 11) is 1.29. The van der Waals surface area contributed by atoms with Gasteiger partial charge in [-0.15, -0.1) is 0 Å². The Hall–Kier alpha value is -2.89. The predicted octanol–water partition coefficient (Wildman–Crippen LogP) is 4.61. The lowest BCUT2D eigenvalue weighted by molar-refractivity contribution is 0.0602. The molecule has 7 heteroatoms. The molecule has 5 nitrogen and oxygen atoms in total. The minimum absolute atomic E-state index is 0.215. The van der Waals surface area contributed by atoms with E-state index in [-0.39, 0.29) is 11.1 Å². The van der Waals surface area contributed by atoms with Crippen LogP contribution in [0.3, 0.4) is 0 Å². The van der Waals surface area contributed by atoms with Crippen LogP contribution in [0.5, 0.6) is 0 Å². The van der Waals surface area contributed by atoms with Crippen molar-refractivity contribution in [1.82, 2.24) is 9.61 Å². The highest BCUT2D eigenvalue weighted by atomic mass is 35.5. The van der Waals surface area contributed by atoms with E-state index in [9.17, 15) is 9.59 Å². The first kappa shape index (κ1) is 17.5. The number of ether oxygens (including phenoxy) is 1. The van der Waals surface area contributed by atoms with Crippen LogP contribution in [-0.2, 0) is 4.74 Å². The molecule has 0 N–H and O–H groups in total. The molecule has 0 amide bonds. The van der Waals surface area contributed by atoms with E-state index in [1.807, 2.05) is 0 Å². The molecule has 134 valence electrons. The number of benzene rings is 2. The minimum atomic E-state index is -0.579. The van der Waals surface area contributed by atoms with Crippen LogP contribution in [0.25, 0.3) is 27.4 Å². The highest BCUT2D eigenvalue weighted by Crippen LogP contribution is 2.28. The monoisotopic (exact) mass is 398 g/mol. The lowest BCUT2D eigenvalue weighted by Crippen LogP contribution is -2.21. The maximum Gasteiger partial charge on any atom is 0.340 e. The molecule has 0 aliphatic carbocycles. The summed E-state index contributed by atoms with van der Waals surface area (Å²) in [6.07, 6.45) is 1.56. The van der Waals surface area contributed by atoms with Gasteiger partial charge < -0.3 is 4.74 Å². The van der Waals surface area contributed by atoms with Gasteiger partial charge in [0.2, 0.25) is 0 Å². The van der Waals surface area contributed by atoms with Crippen molar-refractivity contribution in [1.29, 1.82) is 0 Å². The van der Waals surface area contributed by atoms with Gasteiger partial charge in [0.25, 0.3) is 5.56 Å². The molecule has 0 spiro atoms. The summed E-state index contributed by atoms with van der Waals surface area (Å²) in [6.45, 7) is 0. The lowest BCUT2D eigenvalue weighted by atomic mass is 10.0. The summed E-state index contributed by atoms with van der Waals surface area (Å²) < 4.78 is 6.13. The quantitative estimate of drug-likeness (QED) is 0.365. The zero-order valence-electron chi connectivity index (χ0n) is 14.1. The summed E-state index contributed by atoms with van der Waals surface area (Å²) in [5.41, 5.74) is 1.07. The largest absolute Gasteiger partial charge is 0.465 e. The number of carbonyl (C=O) groups is 1. The van der Waals surface area contributed by atoms with Crippen molar-refractivity contribution in [3.05, 3.63) is 80.7 Å². The Bertz CT molecular complexity index is 1280. The van der Waals surface area contributed by atoms with E-state index in [1.165, 1.54) is 17.7 Å². The fourth-order valence-corrected chi connectivity index (χ4v) is 3.43. The van der Waals surface area contributed by atoms with E-state index in [0.717, 1.165) is 5.39 Å². The van der Waals surface area contributed by atoms with Gasteiger partial charge in [-0.3, -0.25) is 4.79 Å². The Morgan fingerprint density at radius 1 is 1.07 bits per heavy atom. The molecular formula is C20H12Cl2N2O3. The fourth-order valence-electron chi connectivity index (χ4n) is 3.07. The summed E-state index contributed by atoms with van der Waals surface area (Å²) in [4.78, 5) is 25.6. The molecule has 4 rings (SSSR count). The van der Waals surface area contributed by atoms with E-state index in [2.05, 4.69) is 5.10 Å². The number of hydrogen-bond donors (Lipinski definition) is 0. The van der Waals surface area contributed by atoms with E-state index < -0.39 is 5.97 Å². The van der Waals surface area contributed by atoms with Gasteiger partial charge in [0, 0.05) is 26.4 Å². The van der Waals surface area contributed by atoms with E-state index in [0.29, 0.717) is 32.1 Å². The average Bonchev–Trinajstić information content (AvgIpc) is 2.67. The molecule has 0 bridgehead atoms. The Kier molecular flexibility index (Phi) is 4.34. The Balaban J connectivity index is 2.19. The highest BCUT2D eigenvalue weighted by Gasteiger charge is 2.20. The second kappa shape index (κ2) is 6.68. The Labute approximate surface area is 163 Å². The summed E-state index contributed by atoms with van der Waals surface area (Å²) in [5, 5.41) is 6.59. The first-order valence-corrected chi connectivity index (χ1v) is 8.74. The van der Waals surface area contributed by atoms with E-state index in [1.54, 1.807) is 48.7 Å². The SMILES string of the molecule is COC(=O)c1cc(-c2cccc(Cl)c2)c(=O)n2ncc3ccc(Cl)cc3c12. The fraction of sp³-hybridized carbons (Fsp3) is 0.0500. The summed E-state index contributed by atoms with van der Waals surface area (Å²) in [6, 6.07) is 13.5. The molecule has 4 aromatic rings. The molecule has 0 fully saturated rings. The Morgan fingerprint density at radius 2 is 1.85 bits per heavy atom. The van der Waals surface area contributed by atoms with Gasteiger partial charge in [-0.2, -0.15) is 9.61 Å². The van der Waals surface area contributed by atoms with Gasteiger partial charge in [-0.05, 0) is 35.9 Å². The maximum absolute atomic E-state index is 13.1. The second-order valence-electron chi connectivity index (χ2n) is 5.92. The number of fused-ring (bicyclic) bond motifs is 3. The molecule has 27 heavy (non-hydrogen) atoms. The van der Waals surface area contributed by atoms with Crippen LogP contribution in [0, 0.1) is 0 Å². The molecule has 2 heterocycles. The first-order chi connectivity index (χ1) is 13.0. The third kappa shape index (κ3) is 2.95. The number of rotatable bonds is 2. The third-order valence-electron chi connectivity index (χ3n) is 4.30. The number of pyridine rings is 1. The van der Waals surface area contributed by atoms with Gasteiger partial charge >= 0.3 is 5.97 Å². The molecule has 2 aromatic heterocycles. The van der Waals surface area contributed by atoms with Crippen LogP contribution in [0.2, 0.25) is 10.0 Å². The number of carbonyl (C=O) groups excluding carboxylic acids is 1. The van der Waals surface area contributed by atoms with Crippen molar-refractivity contribution in [2.45, 2.75) is 0 Å². The van der Waals surface area contributed by atoms with Crippen LogP contribution in [0.15, 0.2) is 59.5 Å². The molecule has 0 aliphatic heterocycles. The molecule has 0 unspecified atom stereocenters. The van der Waals surface area contributed by atoms with Crippen molar-refractivity contribution in [2.75, 3.05) is 7.11 Å². The number of esters is 1. The topological polar surface area (TPSA) is 60.7 Å². The van der Waals surface area contributed by atoms with Gasteiger partial charge in [0.1, 0.15) is 0 Å².